The Morgan fingerprint density at radius 3 is 2.43 bits per heavy atom. The predicted octanol–water partition coefficient (Wildman–Crippen LogP) is 4.48. The second kappa shape index (κ2) is 4.52. The van der Waals surface area contributed by atoms with Gasteiger partial charge in [-0.05, 0) is 28.6 Å². The van der Waals surface area contributed by atoms with E-state index in [1.807, 2.05) is 0 Å². The molecule has 0 saturated carbocycles. The van der Waals surface area contributed by atoms with E-state index in [2.05, 4.69) is 84.7 Å². The first-order valence-electron chi connectivity index (χ1n) is 7.30. The maximum absolute atomic E-state index is 2.33. The number of rotatable bonds is 1. The van der Waals surface area contributed by atoms with E-state index < -0.39 is 0 Å². The third-order valence-corrected chi connectivity index (χ3v) is 4.26. The van der Waals surface area contributed by atoms with Gasteiger partial charge in [0.25, 0.3) is 0 Å². The summed E-state index contributed by atoms with van der Waals surface area (Å²) in [5, 5.41) is 5.28. The summed E-state index contributed by atoms with van der Waals surface area (Å²) in [5.41, 5.74) is 2.64. The first kappa shape index (κ1) is 12.3. The number of aryl methyl sites for hydroxylation is 1. The highest BCUT2D eigenvalue weighted by atomic mass is 15.3. The van der Waals surface area contributed by atoms with Gasteiger partial charge in [-0.1, -0.05) is 48.5 Å². The number of benzene rings is 3. The fraction of sp³-hybridized carbons (Fsp3) is 0.158. The SMILES string of the molecule is Cc1ccc2c(ccc3ccccc32)c1N1C=CN(C)C1. The van der Waals surface area contributed by atoms with Gasteiger partial charge in [0.15, 0.2) is 0 Å². The van der Waals surface area contributed by atoms with Crippen LogP contribution in [0.2, 0.25) is 0 Å². The monoisotopic (exact) mass is 274 g/mol. The fourth-order valence-corrected chi connectivity index (χ4v) is 3.24. The van der Waals surface area contributed by atoms with Gasteiger partial charge in [-0.2, -0.15) is 0 Å². The zero-order valence-electron chi connectivity index (χ0n) is 12.4. The first-order chi connectivity index (χ1) is 10.2. The van der Waals surface area contributed by atoms with Crippen LogP contribution in [0.4, 0.5) is 5.69 Å². The third kappa shape index (κ3) is 1.87. The summed E-state index contributed by atoms with van der Waals surface area (Å²) in [6.45, 7) is 3.10. The zero-order chi connectivity index (χ0) is 14.4. The molecule has 1 aliphatic rings. The number of anilines is 1. The Bertz CT molecular complexity index is 864. The Kier molecular flexibility index (Phi) is 2.64. The molecule has 104 valence electrons. The van der Waals surface area contributed by atoms with E-state index in [1.54, 1.807) is 0 Å². The minimum absolute atomic E-state index is 0.910. The van der Waals surface area contributed by atoms with Crippen molar-refractivity contribution >= 4 is 27.2 Å². The van der Waals surface area contributed by atoms with E-state index in [9.17, 15) is 0 Å². The number of hydrogen-bond donors (Lipinski definition) is 0. The van der Waals surface area contributed by atoms with Crippen LogP contribution >= 0.6 is 0 Å². The highest BCUT2D eigenvalue weighted by Gasteiger charge is 2.16. The van der Waals surface area contributed by atoms with Crippen LogP contribution in [0.25, 0.3) is 21.5 Å². The fourth-order valence-electron chi connectivity index (χ4n) is 3.24. The maximum atomic E-state index is 2.33. The van der Waals surface area contributed by atoms with Crippen molar-refractivity contribution in [2.24, 2.45) is 0 Å². The Morgan fingerprint density at radius 1 is 0.810 bits per heavy atom. The Hall–Kier alpha value is -2.48. The molecule has 2 heteroatoms. The lowest BCUT2D eigenvalue weighted by molar-refractivity contribution is 0.496. The Labute approximate surface area is 124 Å². The molecule has 0 fully saturated rings. The Morgan fingerprint density at radius 2 is 1.62 bits per heavy atom. The minimum atomic E-state index is 0.910. The van der Waals surface area contributed by atoms with Crippen LogP contribution in [0.1, 0.15) is 5.56 Å². The smallest absolute Gasteiger partial charge is 0.0939 e. The van der Waals surface area contributed by atoms with E-state index in [1.165, 1.54) is 32.8 Å². The first-order valence-corrected chi connectivity index (χ1v) is 7.30. The summed E-state index contributed by atoms with van der Waals surface area (Å²) in [6, 6.07) is 17.6. The van der Waals surface area contributed by atoms with Crippen LogP contribution in [0.3, 0.4) is 0 Å². The summed E-state index contributed by atoms with van der Waals surface area (Å²) < 4.78 is 0. The molecule has 0 N–H and O–H groups in total. The van der Waals surface area contributed by atoms with Gasteiger partial charge < -0.3 is 9.80 Å². The van der Waals surface area contributed by atoms with Crippen LogP contribution in [-0.2, 0) is 0 Å². The molecule has 2 nitrogen and oxygen atoms in total. The molecular weight excluding hydrogens is 256 g/mol. The molecular formula is C19H18N2. The lowest BCUT2D eigenvalue weighted by Gasteiger charge is -2.22. The number of nitrogens with zero attached hydrogens (tertiary/aromatic N) is 2. The van der Waals surface area contributed by atoms with E-state index in [4.69, 9.17) is 0 Å². The summed E-state index contributed by atoms with van der Waals surface area (Å²) >= 11 is 0. The molecule has 0 aromatic heterocycles. The maximum Gasteiger partial charge on any atom is 0.0939 e. The highest BCUT2D eigenvalue weighted by molar-refractivity contribution is 6.12. The zero-order valence-corrected chi connectivity index (χ0v) is 12.4. The minimum Gasteiger partial charge on any atom is -0.361 e. The molecule has 0 saturated heterocycles. The highest BCUT2D eigenvalue weighted by Crippen LogP contribution is 2.35. The average Bonchev–Trinajstić information content (AvgIpc) is 2.92. The molecule has 0 unspecified atom stereocenters. The number of hydrogen-bond acceptors (Lipinski definition) is 2. The Balaban J connectivity index is 2.04. The molecule has 0 amide bonds. The van der Waals surface area contributed by atoms with Gasteiger partial charge in [-0.25, -0.2) is 0 Å². The van der Waals surface area contributed by atoms with Crippen molar-refractivity contribution in [3.05, 3.63) is 66.5 Å². The molecule has 0 atom stereocenters. The van der Waals surface area contributed by atoms with Crippen molar-refractivity contribution in [2.45, 2.75) is 6.92 Å². The lowest BCUT2D eigenvalue weighted by Crippen LogP contribution is -2.22. The van der Waals surface area contributed by atoms with Crippen molar-refractivity contribution in [2.75, 3.05) is 18.6 Å². The molecule has 4 rings (SSSR count). The summed E-state index contributed by atoms with van der Waals surface area (Å²) in [6.07, 6.45) is 4.29. The van der Waals surface area contributed by atoms with Crippen LogP contribution in [0, 0.1) is 6.92 Å². The molecule has 0 spiro atoms. The molecule has 1 heterocycles. The topological polar surface area (TPSA) is 6.48 Å². The van der Waals surface area contributed by atoms with Crippen LogP contribution in [0.5, 0.6) is 0 Å². The average molecular weight is 274 g/mol. The lowest BCUT2D eigenvalue weighted by atomic mass is 9.98. The second-order valence-electron chi connectivity index (χ2n) is 5.78. The van der Waals surface area contributed by atoms with E-state index in [0.717, 1.165) is 6.67 Å². The summed E-state index contributed by atoms with van der Waals surface area (Å²) in [5.74, 6) is 0. The standard InChI is InChI=1S/C19H18N2/c1-14-7-9-17-16-6-4-3-5-15(16)8-10-18(17)19(14)21-12-11-20(2)13-21/h3-12H,13H2,1-2H3. The van der Waals surface area contributed by atoms with Crippen molar-refractivity contribution in [1.29, 1.82) is 0 Å². The molecule has 21 heavy (non-hydrogen) atoms. The van der Waals surface area contributed by atoms with Gasteiger partial charge >= 0.3 is 0 Å². The summed E-state index contributed by atoms with van der Waals surface area (Å²) in [7, 11) is 2.10. The van der Waals surface area contributed by atoms with Crippen molar-refractivity contribution in [3.63, 3.8) is 0 Å². The van der Waals surface area contributed by atoms with Crippen molar-refractivity contribution in [1.82, 2.24) is 4.90 Å². The molecule has 3 aromatic rings. The molecule has 3 aromatic carbocycles. The largest absolute Gasteiger partial charge is 0.361 e. The van der Waals surface area contributed by atoms with Crippen molar-refractivity contribution in [3.8, 4) is 0 Å². The molecule has 0 aliphatic carbocycles. The third-order valence-electron chi connectivity index (χ3n) is 4.26. The quantitative estimate of drug-likeness (QED) is 0.604. The predicted molar refractivity (Wildman–Crippen MR) is 90.4 cm³/mol. The van der Waals surface area contributed by atoms with Gasteiger partial charge in [0.1, 0.15) is 0 Å². The van der Waals surface area contributed by atoms with Gasteiger partial charge in [0.2, 0.25) is 0 Å². The van der Waals surface area contributed by atoms with E-state index in [0.29, 0.717) is 0 Å². The van der Waals surface area contributed by atoms with Gasteiger partial charge in [0, 0.05) is 24.8 Å². The van der Waals surface area contributed by atoms with E-state index >= 15 is 0 Å². The van der Waals surface area contributed by atoms with Crippen molar-refractivity contribution < 1.29 is 0 Å². The molecule has 0 bridgehead atoms. The number of fused-ring (bicyclic) bond motifs is 3. The normalized spacial score (nSPS) is 14.6. The van der Waals surface area contributed by atoms with Crippen LogP contribution < -0.4 is 4.90 Å². The summed E-state index contributed by atoms with van der Waals surface area (Å²) in [4.78, 5) is 4.52. The van der Waals surface area contributed by atoms with E-state index in [-0.39, 0.29) is 0 Å². The van der Waals surface area contributed by atoms with Crippen LogP contribution in [-0.4, -0.2) is 18.6 Å². The molecule has 0 radical (unpaired) electrons. The van der Waals surface area contributed by atoms with Crippen LogP contribution in [0.15, 0.2) is 60.9 Å². The van der Waals surface area contributed by atoms with Gasteiger partial charge in [-0.15, -0.1) is 0 Å². The second-order valence-corrected chi connectivity index (χ2v) is 5.78. The molecule has 1 aliphatic heterocycles. The van der Waals surface area contributed by atoms with Gasteiger partial charge in [0.05, 0.1) is 12.4 Å². The van der Waals surface area contributed by atoms with Gasteiger partial charge in [-0.3, -0.25) is 0 Å².